The average Bonchev–Trinajstić information content (AvgIpc) is 2.83. The van der Waals surface area contributed by atoms with Crippen LogP contribution in [0.3, 0.4) is 0 Å². The summed E-state index contributed by atoms with van der Waals surface area (Å²) in [7, 11) is 5.10. The Labute approximate surface area is 183 Å². The zero-order valence-electron chi connectivity index (χ0n) is 18.6. The number of ether oxygens (including phenoxy) is 3. The Kier molecular flexibility index (Phi) is 4.97. The van der Waals surface area contributed by atoms with Crippen LogP contribution in [0.1, 0.15) is 42.4 Å². The first-order valence-electron chi connectivity index (χ1n) is 10.9. The molecular weight excluding hydrogens is 384 g/mol. The molecule has 0 saturated carbocycles. The van der Waals surface area contributed by atoms with Gasteiger partial charge in [0.05, 0.1) is 26.9 Å². The number of hydrogen-bond acceptors (Lipinski definition) is 3. The summed E-state index contributed by atoms with van der Waals surface area (Å²) in [6.45, 7) is 2.33. The lowest BCUT2D eigenvalue weighted by Gasteiger charge is -2.27. The van der Waals surface area contributed by atoms with Gasteiger partial charge in [-0.3, -0.25) is 0 Å². The van der Waals surface area contributed by atoms with Gasteiger partial charge in [-0.25, -0.2) is 0 Å². The molecule has 2 aliphatic carbocycles. The summed E-state index contributed by atoms with van der Waals surface area (Å²) < 4.78 is 17.2. The van der Waals surface area contributed by atoms with E-state index in [4.69, 9.17) is 14.2 Å². The van der Waals surface area contributed by atoms with Crippen LogP contribution in [-0.4, -0.2) is 21.3 Å². The van der Waals surface area contributed by atoms with Gasteiger partial charge in [0.25, 0.3) is 0 Å². The van der Waals surface area contributed by atoms with Gasteiger partial charge in [0.1, 0.15) is 17.2 Å². The highest BCUT2D eigenvalue weighted by Crippen LogP contribution is 2.42. The monoisotopic (exact) mass is 412 g/mol. The minimum absolute atomic E-state index is 0.518. The smallest absolute Gasteiger partial charge is 0.133 e. The second-order valence-electron chi connectivity index (χ2n) is 8.38. The molecule has 0 radical (unpaired) electrons. The summed E-state index contributed by atoms with van der Waals surface area (Å²) in [6, 6.07) is 17.3. The second kappa shape index (κ2) is 7.81. The van der Waals surface area contributed by atoms with Crippen molar-refractivity contribution < 1.29 is 14.2 Å². The maximum absolute atomic E-state index is 5.83. The molecule has 0 N–H and O–H groups in total. The van der Waals surface area contributed by atoms with E-state index in [2.05, 4.69) is 49.4 Å². The molecule has 2 aliphatic rings. The van der Waals surface area contributed by atoms with Crippen LogP contribution >= 0.6 is 0 Å². The van der Waals surface area contributed by atoms with Crippen LogP contribution in [0.4, 0.5) is 0 Å². The van der Waals surface area contributed by atoms with Crippen LogP contribution in [0.2, 0.25) is 0 Å². The van der Waals surface area contributed by atoms with Gasteiger partial charge in [-0.15, -0.1) is 0 Å². The standard InChI is InChI=1S/C28H28O3/c1-17-9-11-24(28-25(30-3)15-19(29-2)16-26(28)31-4)27-20(17)13-14-22-21-8-6-5-7-18(21)10-12-23(22)27/h5-8,12-17H,9-11H2,1-4H3. The van der Waals surface area contributed by atoms with Gasteiger partial charge >= 0.3 is 0 Å². The Hall–Kier alpha value is -3.20. The van der Waals surface area contributed by atoms with Crippen molar-refractivity contribution in [2.75, 3.05) is 21.3 Å². The first-order chi connectivity index (χ1) is 15.2. The van der Waals surface area contributed by atoms with Crippen molar-refractivity contribution in [3.8, 4) is 28.4 Å². The van der Waals surface area contributed by atoms with E-state index in [1.54, 1.807) is 21.3 Å². The van der Waals surface area contributed by atoms with Crippen LogP contribution in [0.15, 0.2) is 48.5 Å². The van der Waals surface area contributed by atoms with Crippen molar-refractivity contribution in [1.82, 2.24) is 0 Å². The molecule has 3 heteroatoms. The Morgan fingerprint density at radius 2 is 1.58 bits per heavy atom. The predicted molar refractivity (Wildman–Crippen MR) is 126 cm³/mol. The summed E-state index contributed by atoms with van der Waals surface area (Å²) in [4.78, 5) is 0. The first kappa shape index (κ1) is 19.7. The molecule has 5 rings (SSSR count). The van der Waals surface area contributed by atoms with E-state index < -0.39 is 0 Å². The molecule has 158 valence electrons. The quantitative estimate of drug-likeness (QED) is 0.615. The minimum atomic E-state index is 0.518. The number of benzene rings is 3. The number of hydrogen-bond donors (Lipinski definition) is 0. The van der Waals surface area contributed by atoms with Gasteiger partial charge in [0, 0.05) is 12.1 Å². The van der Waals surface area contributed by atoms with Crippen molar-refractivity contribution in [2.24, 2.45) is 0 Å². The molecule has 0 fully saturated rings. The Balaban J connectivity index is 1.91. The van der Waals surface area contributed by atoms with Crippen molar-refractivity contribution in [3.63, 3.8) is 0 Å². The van der Waals surface area contributed by atoms with E-state index in [1.807, 2.05) is 12.1 Å². The van der Waals surface area contributed by atoms with Gasteiger partial charge in [-0.2, -0.15) is 0 Å². The molecule has 0 aliphatic heterocycles. The summed E-state index contributed by atoms with van der Waals surface area (Å²) in [5.41, 5.74) is 7.81. The Morgan fingerprint density at radius 3 is 2.29 bits per heavy atom. The SMILES string of the molecule is COc1cc(OC)c(C2=c3c(ccc4c3=CCc3ccccc3-4)C(C)CC2)c(OC)c1. The van der Waals surface area contributed by atoms with E-state index in [1.165, 1.54) is 38.3 Å². The summed E-state index contributed by atoms with van der Waals surface area (Å²) >= 11 is 0. The molecule has 0 aromatic heterocycles. The molecule has 0 spiro atoms. The predicted octanol–water partition coefficient (Wildman–Crippen LogP) is 4.81. The van der Waals surface area contributed by atoms with E-state index in [0.717, 1.165) is 42.1 Å². The molecule has 0 heterocycles. The van der Waals surface area contributed by atoms with E-state index in [-0.39, 0.29) is 0 Å². The van der Waals surface area contributed by atoms with E-state index in [9.17, 15) is 0 Å². The molecule has 1 unspecified atom stereocenters. The van der Waals surface area contributed by atoms with Crippen LogP contribution in [-0.2, 0) is 6.42 Å². The lowest BCUT2D eigenvalue weighted by molar-refractivity contribution is 0.373. The second-order valence-corrected chi connectivity index (χ2v) is 8.38. The number of fused-ring (bicyclic) bond motifs is 5. The molecule has 3 aromatic carbocycles. The molecule has 1 atom stereocenters. The number of rotatable bonds is 4. The fourth-order valence-corrected chi connectivity index (χ4v) is 5.20. The first-order valence-corrected chi connectivity index (χ1v) is 10.9. The maximum atomic E-state index is 5.83. The van der Waals surface area contributed by atoms with Gasteiger partial charge < -0.3 is 14.2 Å². The maximum Gasteiger partial charge on any atom is 0.133 e. The third-order valence-corrected chi connectivity index (χ3v) is 6.79. The molecule has 0 amide bonds. The zero-order chi connectivity index (χ0) is 21.5. The fourth-order valence-electron chi connectivity index (χ4n) is 5.20. The third kappa shape index (κ3) is 3.11. The highest BCUT2D eigenvalue weighted by atomic mass is 16.5. The highest BCUT2D eigenvalue weighted by molar-refractivity contribution is 5.81. The van der Waals surface area contributed by atoms with Crippen LogP contribution in [0, 0.1) is 0 Å². The fraction of sp³-hybridized carbons (Fsp3) is 0.286. The lowest BCUT2D eigenvalue weighted by atomic mass is 9.79. The molecule has 0 saturated heterocycles. The van der Waals surface area contributed by atoms with Gasteiger partial charge in [-0.1, -0.05) is 49.4 Å². The largest absolute Gasteiger partial charge is 0.496 e. The third-order valence-electron chi connectivity index (χ3n) is 6.79. The van der Waals surface area contributed by atoms with Crippen LogP contribution < -0.4 is 24.6 Å². The molecule has 3 aromatic rings. The van der Waals surface area contributed by atoms with Crippen molar-refractivity contribution in [3.05, 3.63) is 75.7 Å². The van der Waals surface area contributed by atoms with Gasteiger partial charge in [0.15, 0.2) is 0 Å². The van der Waals surface area contributed by atoms with Crippen molar-refractivity contribution >= 4 is 11.6 Å². The number of methoxy groups -OCH3 is 3. The van der Waals surface area contributed by atoms with Crippen molar-refractivity contribution in [1.29, 1.82) is 0 Å². The summed E-state index contributed by atoms with van der Waals surface area (Å²) in [5.74, 6) is 2.84. The topological polar surface area (TPSA) is 27.7 Å². The van der Waals surface area contributed by atoms with Crippen LogP contribution in [0.25, 0.3) is 22.8 Å². The summed E-state index contributed by atoms with van der Waals surface area (Å²) in [6.07, 6.45) is 5.45. The van der Waals surface area contributed by atoms with Crippen LogP contribution in [0.5, 0.6) is 17.2 Å². The molecule has 31 heavy (non-hydrogen) atoms. The minimum Gasteiger partial charge on any atom is -0.496 e. The molecule has 3 nitrogen and oxygen atoms in total. The molecular formula is C28H28O3. The van der Waals surface area contributed by atoms with E-state index in [0.29, 0.717) is 5.92 Å². The Bertz CT molecular complexity index is 1260. The highest BCUT2D eigenvalue weighted by Gasteiger charge is 2.25. The van der Waals surface area contributed by atoms with Gasteiger partial charge in [-0.05, 0) is 63.4 Å². The average molecular weight is 413 g/mol. The lowest BCUT2D eigenvalue weighted by Crippen LogP contribution is -2.37. The van der Waals surface area contributed by atoms with E-state index >= 15 is 0 Å². The normalized spacial score (nSPS) is 16.5. The zero-order valence-corrected chi connectivity index (χ0v) is 18.6. The van der Waals surface area contributed by atoms with Crippen molar-refractivity contribution in [2.45, 2.75) is 32.1 Å². The molecule has 0 bridgehead atoms. The van der Waals surface area contributed by atoms with Gasteiger partial charge in [0.2, 0.25) is 0 Å². The summed E-state index contributed by atoms with van der Waals surface area (Å²) in [5, 5.41) is 2.70. The Morgan fingerprint density at radius 1 is 0.839 bits per heavy atom.